The van der Waals surface area contributed by atoms with Gasteiger partial charge in [-0.2, -0.15) is 0 Å². The molecule has 140 valence electrons. The van der Waals surface area contributed by atoms with E-state index in [-0.39, 0.29) is 22.5 Å². The van der Waals surface area contributed by atoms with Crippen LogP contribution in [0.3, 0.4) is 0 Å². The minimum absolute atomic E-state index is 0.0781. The number of hydrogen-bond acceptors (Lipinski definition) is 5. The van der Waals surface area contributed by atoms with E-state index in [4.69, 9.17) is 16.3 Å². The number of carbonyl (C=O) groups excluding carboxylic acids is 1. The van der Waals surface area contributed by atoms with Crippen LogP contribution in [0.2, 0.25) is 5.15 Å². The molecule has 0 aliphatic carbocycles. The first-order valence-electron chi connectivity index (χ1n) is 8.60. The van der Waals surface area contributed by atoms with Gasteiger partial charge in [-0.05, 0) is 38.1 Å². The van der Waals surface area contributed by atoms with Gasteiger partial charge in [-0.25, -0.2) is 9.97 Å². The van der Waals surface area contributed by atoms with Crippen LogP contribution in [0.1, 0.15) is 24.2 Å². The average Bonchev–Trinajstić information content (AvgIpc) is 2.89. The van der Waals surface area contributed by atoms with E-state index in [2.05, 4.69) is 9.97 Å². The second-order valence-corrected chi connectivity index (χ2v) is 7.51. The smallest absolute Gasteiger partial charge is 0.267 e. The molecule has 0 radical (unpaired) electrons. The van der Waals surface area contributed by atoms with E-state index >= 15 is 0 Å². The number of anilines is 1. The summed E-state index contributed by atoms with van der Waals surface area (Å²) in [5.74, 6) is -0.0803. The first kappa shape index (κ1) is 17.8. The third-order valence-corrected chi connectivity index (χ3v) is 4.69. The summed E-state index contributed by atoms with van der Waals surface area (Å²) < 4.78 is 7.56. The number of rotatable bonds is 3. The van der Waals surface area contributed by atoms with Crippen LogP contribution in [0.25, 0.3) is 10.9 Å². The van der Waals surface area contributed by atoms with Gasteiger partial charge >= 0.3 is 0 Å². The number of benzene rings is 1. The monoisotopic (exact) mass is 386 g/mol. The summed E-state index contributed by atoms with van der Waals surface area (Å²) in [5, 5.41) is 11.1. The van der Waals surface area contributed by atoms with Crippen molar-refractivity contribution in [2.45, 2.75) is 26.0 Å². The van der Waals surface area contributed by atoms with Crippen molar-refractivity contribution in [2.24, 2.45) is 0 Å². The Morgan fingerprint density at radius 1 is 1.30 bits per heavy atom. The second-order valence-electron chi connectivity index (χ2n) is 7.15. The van der Waals surface area contributed by atoms with Crippen LogP contribution in [0.4, 0.5) is 5.69 Å². The number of fused-ring (bicyclic) bond motifs is 2. The lowest BCUT2D eigenvalue weighted by Crippen LogP contribution is -2.32. The predicted molar refractivity (Wildman–Crippen MR) is 102 cm³/mol. The highest BCUT2D eigenvalue weighted by atomic mass is 35.5. The SMILES string of the molecule is CC(C)(O)Cn1ccc2cc(N3CCOc4ncnc(Cl)c4C3=O)ccc21. The lowest BCUT2D eigenvalue weighted by atomic mass is 10.1. The summed E-state index contributed by atoms with van der Waals surface area (Å²) in [4.78, 5) is 22.6. The number of nitrogens with zero attached hydrogens (tertiary/aromatic N) is 4. The van der Waals surface area contributed by atoms with Crippen molar-refractivity contribution in [2.75, 3.05) is 18.1 Å². The molecule has 8 heteroatoms. The minimum Gasteiger partial charge on any atom is -0.475 e. The van der Waals surface area contributed by atoms with Gasteiger partial charge < -0.3 is 19.3 Å². The molecule has 7 nitrogen and oxygen atoms in total. The highest BCUT2D eigenvalue weighted by Gasteiger charge is 2.29. The average molecular weight is 387 g/mol. The van der Waals surface area contributed by atoms with Crippen LogP contribution in [-0.4, -0.2) is 44.3 Å². The molecule has 0 spiro atoms. The van der Waals surface area contributed by atoms with Crippen LogP contribution in [0.5, 0.6) is 5.88 Å². The molecule has 0 unspecified atom stereocenters. The molecule has 3 aromatic rings. The Morgan fingerprint density at radius 3 is 2.89 bits per heavy atom. The van der Waals surface area contributed by atoms with Crippen LogP contribution >= 0.6 is 11.6 Å². The van der Waals surface area contributed by atoms with E-state index < -0.39 is 5.60 Å². The number of amides is 1. The van der Waals surface area contributed by atoms with E-state index in [1.807, 2.05) is 35.0 Å². The summed E-state index contributed by atoms with van der Waals surface area (Å²) in [6, 6.07) is 7.73. The van der Waals surface area contributed by atoms with Crippen LogP contribution < -0.4 is 9.64 Å². The molecule has 0 fully saturated rings. The highest BCUT2D eigenvalue weighted by Crippen LogP contribution is 2.30. The number of hydrogen-bond donors (Lipinski definition) is 1. The van der Waals surface area contributed by atoms with Gasteiger partial charge in [0, 0.05) is 22.8 Å². The first-order chi connectivity index (χ1) is 12.8. The van der Waals surface area contributed by atoms with Gasteiger partial charge in [-0.15, -0.1) is 0 Å². The van der Waals surface area contributed by atoms with Crippen molar-refractivity contribution in [3.8, 4) is 5.88 Å². The van der Waals surface area contributed by atoms with Crippen LogP contribution in [-0.2, 0) is 6.54 Å². The fourth-order valence-corrected chi connectivity index (χ4v) is 3.47. The minimum atomic E-state index is -0.816. The zero-order valence-corrected chi connectivity index (χ0v) is 15.8. The van der Waals surface area contributed by atoms with Gasteiger partial charge in [0.15, 0.2) is 0 Å². The molecule has 1 N–H and O–H groups in total. The lowest BCUT2D eigenvalue weighted by Gasteiger charge is -2.21. The van der Waals surface area contributed by atoms with E-state index in [0.29, 0.717) is 19.7 Å². The molecular weight excluding hydrogens is 368 g/mol. The topological polar surface area (TPSA) is 80.5 Å². The van der Waals surface area contributed by atoms with Crippen molar-refractivity contribution in [1.82, 2.24) is 14.5 Å². The number of halogens is 1. The quantitative estimate of drug-likeness (QED) is 0.700. The Bertz CT molecular complexity index is 1030. The van der Waals surface area contributed by atoms with Gasteiger partial charge in [0.05, 0.1) is 18.7 Å². The van der Waals surface area contributed by atoms with E-state index in [9.17, 15) is 9.90 Å². The van der Waals surface area contributed by atoms with Crippen molar-refractivity contribution in [1.29, 1.82) is 0 Å². The van der Waals surface area contributed by atoms with Gasteiger partial charge in [-0.3, -0.25) is 4.79 Å². The third kappa shape index (κ3) is 3.36. The summed E-state index contributed by atoms with van der Waals surface area (Å²) in [5.41, 5.74) is 1.09. The molecule has 0 saturated heterocycles. The van der Waals surface area contributed by atoms with Gasteiger partial charge in [0.2, 0.25) is 5.88 Å². The summed E-state index contributed by atoms with van der Waals surface area (Å²) in [6.07, 6.45) is 3.21. The fourth-order valence-electron chi connectivity index (χ4n) is 3.27. The maximum absolute atomic E-state index is 13.0. The zero-order valence-electron chi connectivity index (χ0n) is 15.0. The van der Waals surface area contributed by atoms with E-state index in [1.165, 1.54) is 6.33 Å². The Morgan fingerprint density at radius 2 is 2.11 bits per heavy atom. The zero-order chi connectivity index (χ0) is 19.2. The lowest BCUT2D eigenvalue weighted by molar-refractivity contribution is 0.0628. The number of carbonyl (C=O) groups is 1. The highest BCUT2D eigenvalue weighted by molar-refractivity contribution is 6.33. The van der Waals surface area contributed by atoms with Crippen molar-refractivity contribution < 1.29 is 14.6 Å². The molecule has 1 aliphatic heterocycles. The summed E-state index contributed by atoms with van der Waals surface area (Å²) in [7, 11) is 0. The molecule has 2 aromatic heterocycles. The molecule has 3 heterocycles. The Labute approximate surface area is 161 Å². The van der Waals surface area contributed by atoms with Crippen molar-refractivity contribution in [3.63, 3.8) is 0 Å². The molecule has 1 amide bonds. The standard InChI is InChI=1S/C19H19ClN4O3/c1-19(2,26)10-23-6-5-12-9-13(3-4-14(12)23)24-7-8-27-17-15(18(24)25)16(20)21-11-22-17/h3-6,9,11,26H,7-8,10H2,1-2H3. The third-order valence-electron chi connectivity index (χ3n) is 4.40. The van der Waals surface area contributed by atoms with Gasteiger partial charge in [-0.1, -0.05) is 11.6 Å². The molecule has 0 atom stereocenters. The van der Waals surface area contributed by atoms with Gasteiger partial charge in [0.1, 0.15) is 23.7 Å². The Balaban J connectivity index is 1.72. The predicted octanol–water partition coefficient (Wildman–Crippen LogP) is 2.89. The largest absolute Gasteiger partial charge is 0.475 e. The normalized spacial score (nSPS) is 14.8. The molecule has 0 bridgehead atoms. The Hall–Kier alpha value is -2.64. The van der Waals surface area contributed by atoms with Gasteiger partial charge in [0.25, 0.3) is 5.91 Å². The second kappa shape index (κ2) is 6.51. The first-order valence-corrected chi connectivity index (χ1v) is 8.98. The fraction of sp³-hybridized carbons (Fsp3) is 0.316. The molecule has 1 aromatic carbocycles. The van der Waals surface area contributed by atoms with Crippen LogP contribution in [0.15, 0.2) is 36.8 Å². The van der Waals surface area contributed by atoms with E-state index in [1.54, 1.807) is 18.7 Å². The maximum Gasteiger partial charge on any atom is 0.267 e. The van der Waals surface area contributed by atoms with E-state index in [0.717, 1.165) is 16.6 Å². The molecule has 27 heavy (non-hydrogen) atoms. The summed E-state index contributed by atoms with van der Waals surface area (Å²) in [6.45, 7) is 4.70. The van der Waals surface area contributed by atoms with Crippen molar-refractivity contribution >= 4 is 34.1 Å². The number of ether oxygens (including phenoxy) is 1. The Kier molecular flexibility index (Phi) is 4.28. The molecule has 0 saturated carbocycles. The maximum atomic E-state index is 13.0. The van der Waals surface area contributed by atoms with Crippen molar-refractivity contribution in [3.05, 3.63) is 47.5 Å². The van der Waals surface area contributed by atoms with Crippen LogP contribution in [0, 0.1) is 0 Å². The molecule has 4 rings (SSSR count). The summed E-state index contributed by atoms with van der Waals surface area (Å²) >= 11 is 6.12. The number of aromatic nitrogens is 3. The molecule has 1 aliphatic rings. The number of aliphatic hydroxyl groups is 1. The molecular formula is C19H19ClN4O3.